The van der Waals surface area contributed by atoms with Crippen LogP contribution in [0.3, 0.4) is 0 Å². The van der Waals surface area contributed by atoms with Gasteiger partial charge in [0.05, 0.1) is 0 Å². The van der Waals surface area contributed by atoms with E-state index in [9.17, 15) is 9.90 Å². The van der Waals surface area contributed by atoms with Gasteiger partial charge >= 0.3 is 5.69 Å². The van der Waals surface area contributed by atoms with E-state index >= 15 is 0 Å². The lowest BCUT2D eigenvalue weighted by atomic mass is 10.2. The lowest BCUT2D eigenvalue weighted by molar-refractivity contribution is 0.118. The maximum absolute atomic E-state index is 11.5. The van der Waals surface area contributed by atoms with Crippen molar-refractivity contribution in [1.29, 1.82) is 0 Å². The first-order chi connectivity index (χ1) is 7.35. The quantitative estimate of drug-likeness (QED) is 0.826. The molecule has 5 nitrogen and oxygen atoms in total. The summed E-state index contributed by atoms with van der Waals surface area (Å²) >= 11 is 0. The number of hydrogen-bond donors (Lipinski definition) is 2. The minimum absolute atomic E-state index is 0.117. The molecule has 2 N–H and O–H groups in total. The minimum atomic E-state index is -0.447. The van der Waals surface area contributed by atoms with E-state index in [0.29, 0.717) is 6.54 Å². The van der Waals surface area contributed by atoms with Crippen LogP contribution >= 0.6 is 0 Å². The zero-order valence-corrected chi connectivity index (χ0v) is 10.3. The molecule has 0 radical (unpaired) electrons. The maximum atomic E-state index is 11.5. The van der Waals surface area contributed by atoms with Crippen LogP contribution in [0.1, 0.15) is 40.5 Å². The lowest BCUT2D eigenvalue weighted by Crippen LogP contribution is -2.23. The van der Waals surface area contributed by atoms with E-state index in [1.54, 1.807) is 0 Å². The number of unbranched alkanes of at least 4 members (excludes halogenated alkanes) is 1. The van der Waals surface area contributed by atoms with Crippen molar-refractivity contribution in [2.75, 3.05) is 0 Å². The number of rotatable bonds is 4. The average Bonchev–Trinajstić information content (AvgIpc) is 2.37. The van der Waals surface area contributed by atoms with Crippen molar-refractivity contribution in [3.05, 3.63) is 10.5 Å². The fourth-order valence-corrected chi connectivity index (χ4v) is 1.34. The van der Waals surface area contributed by atoms with Gasteiger partial charge in [-0.25, -0.2) is 4.79 Å². The maximum Gasteiger partial charge on any atom is 0.331 e. The second-order valence-corrected chi connectivity index (χ2v) is 4.80. The molecular weight excluding hydrogens is 208 g/mol. The Labute approximate surface area is 95.1 Å². The van der Waals surface area contributed by atoms with Crippen molar-refractivity contribution in [2.24, 2.45) is 0 Å². The fraction of sp³-hybridized carbons (Fsp3) is 0.727. The molecule has 5 heteroatoms. The van der Waals surface area contributed by atoms with Gasteiger partial charge in [-0.05, 0) is 27.2 Å². The molecule has 0 saturated heterocycles. The van der Waals surface area contributed by atoms with Crippen LogP contribution in [-0.4, -0.2) is 20.3 Å². The van der Waals surface area contributed by atoms with Crippen molar-refractivity contribution in [1.82, 2.24) is 9.55 Å². The summed E-state index contributed by atoms with van der Waals surface area (Å²) in [5.74, 6) is 0.0296. The van der Waals surface area contributed by atoms with Gasteiger partial charge < -0.3 is 9.84 Å². The molecule has 0 amide bonds. The second kappa shape index (κ2) is 4.63. The first-order valence-corrected chi connectivity index (χ1v) is 5.56. The molecule has 0 atom stereocenters. The summed E-state index contributed by atoms with van der Waals surface area (Å²) in [5.41, 5.74) is -0.776. The van der Waals surface area contributed by atoms with Crippen LogP contribution in [0.4, 0.5) is 0 Å². The predicted octanol–water partition coefficient (Wildman–Crippen LogP) is 1.86. The van der Waals surface area contributed by atoms with Crippen molar-refractivity contribution < 1.29 is 9.84 Å². The van der Waals surface area contributed by atoms with Gasteiger partial charge in [0.25, 0.3) is 11.8 Å². The Hall–Kier alpha value is -1.39. The van der Waals surface area contributed by atoms with Gasteiger partial charge in [-0.2, -0.15) is 0 Å². The second-order valence-electron chi connectivity index (χ2n) is 4.80. The molecule has 0 bridgehead atoms. The van der Waals surface area contributed by atoms with Gasteiger partial charge in [0.1, 0.15) is 5.60 Å². The molecule has 0 aromatic carbocycles. The van der Waals surface area contributed by atoms with Crippen molar-refractivity contribution in [2.45, 2.75) is 52.7 Å². The van der Waals surface area contributed by atoms with E-state index in [4.69, 9.17) is 4.74 Å². The lowest BCUT2D eigenvalue weighted by Gasteiger charge is -2.19. The van der Waals surface area contributed by atoms with E-state index in [-0.39, 0.29) is 17.4 Å². The topological polar surface area (TPSA) is 67.2 Å². The molecule has 0 fully saturated rings. The Morgan fingerprint density at radius 2 is 2.06 bits per heavy atom. The molecule has 1 aromatic heterocycles. The summed E-state index contributed by atoms with van der Waals surface area (Å²) in [6.07, 6.45) is 1.81. The Morgan fingerprint density at radius 3 is 2.56 bits per heavy atom. The molecular formula is C11H20N2O3. The number of ether oxygens (including phenoxy) is 1. The highest BCUT2D eigenvalue weighted by molar-refractivity contribution is 5.25. The fourth-order valence-electron chi connectivity index (χ4n) is 1.34. The highest BCUT2D eigenvalue weighted by atomic mass is 16.5. The molecule has 0 aliphatic carbocycles. The number of aromatic nitrogens is 2. The Morgan fingerprint density at radius 1 is 1.44 bits per heavy atom. The molecule has 92 valence electrons. The summed E-state index contributed by atoms with van der Waals surface area (Å²) < 4.78 is 6.74. The molecule has 1 aromatic rings. The van der Waals surface area contributed by atoms with Crippen LogP contribution in [0.15, 0.2) is 4.79 Å². The SMILES string of the molecule is CCCCn1c(O)c(OC(C)(C)C)[nH]c1=O. The number of nitrogens with one attached hydrogen (secondary N) is 1. The Bertz CT molecular complexity index is 398. The van der Waals surface area contributed by atoms with Crippen LogP contribution in [0.2, 0.25) is 0 Å². The third-order valence-electron chi connectivity index (χ3n) is 2.07. The number of aromatic amines is 1. The minimum Gasteiger partial charge on any atom is -0.491 e. The zero-order chi connectivity index (χ0) is 12.3. The van der Waals surface area contributed by atoms with Gasteiger partial charge in [0, 0.05) is 6.54 Å². The van der Waals surface area contributed by atoms with Crippen molar-refractivity contribution in [3.63, 3.8) is 0 Å². The van der Waals surface area contributed by atoms with Crippen molar-refractivity contribution in [3.8, 4) is 11.8 Å². The summed E-state index contributed by atoms with van der Waals surface area (Å²) in [6.45, 7) is 8.10. The molecule has 1 rings (SSSR count). The predicted molar refractivity (Wildman–Crippen MR) is 62.0 cm³/mol. The molecule has 0 spiro atoms. The monoisotopic (exact) mass is 228 g/mol. The van der Waals surface area contributed by atoms with E-state index in [1.165, 1.54) is 4.57 Å². The highest BCUT2D eigenvalue weighted by Gasteiger charge is 2.19. The van der Waals surface area contributed by atoms with Gasteiger partial charge in [0.2, 0.25) is 0 Å². The van der Waals surface area contributed by atoms with E-state index < -0.39 is 5.60 Å². The van der Waals surface area contributed by atoms with Gasteiger partial charge in [-0.1, -0.05) is 13.3 Å². The first kappa shape index (κ1) is 12.7. The highest BCUT2D eigenvalue weighted by Crippen LogP contribution is 2.25. The average molecular weight is 228 g/mol. The van der Waals surface area contributed by atoms with Gasteiger partial charge in [-0.3, -0.25) is 9.55 Å². The summed E-state index contributed by atoms with van der Waals surface area (Å²) in [7, 11) is 0. The molecule has 1 heterocycles. The zero-order valence-electron chi connectivity index (χ0n) is 10.3. The van der Waals surface area contributed by atoms with Crippen LogP contribution in [0.25, 0.3) is 0 Å². The van der Waals surface area contributed by atoms with Crippen molar-refractivity contribution >= 4 is 0 Å². The largest absolute Gasteiger partial charge is 0.491 e. The summed E-state index contributed by atoms with van der Waals surface area (Å²) in [6, 6.07) is 0. The number of H-pyrrole nitrogens is 1. The normalized spacial score (nSPS) is 11.8. The Balaban J connectivity index is 2.93. The van der Waals surface area contributed by atoms with E-state index in [1.807, 2.05) is 27.7 Å². The summed E-state index contributed by atoms with van der Waals surface area (Å²) in [4.78, 5) is 14.0. The smallest absolute Gasteiger partial charge is 0.331 e. The van der Waals surface area contributed by atoms with Crippen LogP contribution in [0, 0.1) is 0 Å². The molecule has 0 aliphatic rings. The number of hydrogen-bond acceptors (Lipinski definition) is 3. The third-order valence-corrected chi connectivity index (χ3v) is 2.07. The third kappa shape index (κ3) is 3.05. The van der Waals surface area contributed by atoms with Gasteiger partial charge in [-0.15, -0.1) is 0 Å². The first-order valence-electron chi connectivity index (χ1n) is 5.56. The number of aromatic hydroxyl groups is 1. The molecule has 16 heavy (non-hydrogen) atoms. The summed E-state index contributed by atoms with van der Waals surface area (Å²) in [5, 5.41) is 9.81. The molecule has 0 unspecified atom stereocenters. The van der Waals surface area contributed by atoms with Crippen LogP contribution in [-0.2, 0) is 6.54 Å². The van der Waals surface area contributed by atoms with E-state index in [0.717, 1.165) is 12.8 Å². The van der Waals surface area contributed by atoms with Gasteiger partial charge in [0.15, 0.2) is 0 Å². The van der Waals surface area contributed by atoms with Crippen LogP contribution < -0.4 is 10.4 Å². The standard InChI is InChI=1S/C11H20N2O3/c1-5-6-7-13-9(14)8(12-10(13)15)16-11(2,3)4/h14H,5-7H2,1-4H3,(H,12,15). The Kier molecular flexibility index (Phi) is 3.67. The van der Waals surface area contributed by atoms with Crippen LogP contribution in [0.5, 0.6) is 11.8 Å². The molecule has 0 saturated carbocycles. The number of imidazole rings is 1. The number of nitrogens with zero attached hydrogens (tertiary/aromatic N) is 1. The van der Waals surface area contributed by atoms with E-state index in [2.05, 4.69) is 4.98 Å². The molecule has 0 aliphatic heterocycles.